The summed E-state index contributed by atoms with van der Waals surface area (Å²) in [5, 5.41) is 26.1. The highest BCUT2D eigenvalue weighted by atomic mass is 32.1. The van der Waals surface area contributed by atoms with Gasteiger partial charge in [0.1, 0.15) is 6.61 Å². The van der Waals surface area contributed by atoms with E-state index in [1.165, 1.54) is 16.7 Å². The molecule has 1 aromatic heterocycles. The average Bonchev–Trinajstić information content (AvgIpc) is 3.45. The van der Waals surface area contributed by atoms with Crippen molar-refractivity contribution in [2.45, 2.75) is 24.9 Å². The molecule has 0 radical (unpaired) electrons. The molecule has 1 unspecified atom stereocenters. The summed E-state index contributed by atoms with van der Waals surface area (Å²) in [5.41, 5.74) is 4.46. The number of aliphatic hydroxyl groups excluding tert-OH is 1. The summed E-state index contributed by atoms with van der Waals surface area (Å²) in [5.74, 6) is -1.54. The highest BCUT2D eigenvalue weighted by Gasteiger charge is 2.29. The fourth-order valence-corrected chi connectivity index (χ4v) is 4.81. The predicted molar refractivity (Wildman–Crippen MR) is 129 cm³/mol. The van der Waals surface area contributed by atoms with E-state index < -0.39 is 18.2 Å². The minimum atomic E-state index is -1.09. The van der Waals surface area contributed by atoms with Crippen molar-refractivity contribution in [3.05, 3.63) is 75.7 Å². The maximum atomic E-state index is 12.2. The lowest BCUT2D eigenvalue weighted by Crippen LogP contribution is -2.37. The molecule has 3 aromatic rings. The van der Waals surface area contributed by atoms with Crippen molar-refractivity contribution < 1.29 is 29.3 Å². The fraction of sp³-hybridized carbons (Fsp3) is 0.280. The van der Waals surface area contributed by atoms with E-state index >= 15 is 0 Å². The number of hydrogen-bond acceptors (Lipinski definition) is 7. The summed E-state index contributed by atoms with van der Waals surface area (Å²) in [6.45, 7) is 0.299. The Kier molecular flexibility index (Phi) is 7.74. The fourth-order valence-electron chi connectivity index (χ4n) is 4.04. The van der Waals surface area contributed by atoms with Crippen LogP contribution in [0.15, 0.2) is 53.9 Å². The Balaban J connectivity index is 1.17. The third kappa shape index (κ3) is 6.03. The van der Waals surface area contributed by atoms with Gasteiger partial charge in [0.15, 0.2) is 5.69 Å². The molecule has 0 saturated heterocycles. The molecular formula is C25H25N3O6S. The maximum Gasteiger partial charge on any atom is 0.407 e. The molecule has 35 heavy (non-hydrogen) atoms. The van der Waals surface area contributed by atoms with Crippen LogP contribution in [-0.4, -0.2) is 59.0 Å². The number of fused-ring (bicyclic) bond motifs is 3. The molecule has 1 aliphatic rings. The van der Waals surface area contributed by atoms with E-state index in [2.05, 4.69) is 27.8 Å². The van der Waals surface area contributed by atoms with Crippen LogP contribution in [0, 0.1) is 0 Å². The summed E-state index contributed by atoms with van der Waals surface area (Å²) in [7, 11) is 0. The second-order valence-corrected chi connectivity index (χ2v) is 9.04. The van der Waals surface area contributed by atoms with Gasteiger partial charge in [-0.2, -0.15) is 0 Å². The Morgan fingerprint density at radius 1 is 1.03 bits per heavy atom. The van der Waals surface area contributed by atoms with Gasteiger partial charge >= 0.3 is 12.1 Å². The molecule has 1 aliphatic carbocycles. The molecule has 4 N–H and O–H groups in total. The number of carboxylic acid groups (broad SMARTS) is 1. The van der Waals surface area contributed by atoms with Gasteiger partial charge in [0.25, 0.3) is 0 Å². The number of alkyl carbamates (subject to hydrolysis) is 1. The first-order valence-corrected chi connectivity index (χ1v) is 12.0. The number of ether oxygens (including phenoxy) is 1. The molecule has 0 fully saturated rings. The summed E-state index contributed by atoms with van der Waals surface area (Å²) in [6.07, 6.45) is -1.54. The number of thiazole rings is 1. The third-order valence-electron chi connectivity index (χ3n) is 5.68. The Morgan fingerprint density at radius 3 is 2.31 bits per heavy atom. The summed E-state index contributed by atoms with van der Waals surface area (Å²) >= 11 is 1.21. The number of carbonyl (C=O) groups excluding carboxylic acids is 2. The number of carboxylic acids is 1. The Labute approximate surface area is 205 Å². The van der Waals surface area contributed by atoms with Gasteiger partial charge in [-0.05, 0) is 22.3 Å². The van der Waals surface area contributed by atoms with Gasteiger partial charge in [0.05, 0.1) is 17.5 Å². The third-order valence-corrected chi connectivity index (χ3v) is 6.59. The van der Waals surface area contributed by atoms with Gasteiger partial charge in [0.2, 0.25) is 5.91 Å². The zero-order chi connectivity index (χ0) is 24.8. The van der Waals surface area contributed by atoms with Crippen molar-refractivity contribution in [1.29, 1.82) is 0 Å². The molecular weight excluding hydrogens is 470 g/mol. The van der Waals surface area contributed by atoms with Crippen LogP contribution in [0.25, 0.3) is 11.1 Å². The molecule has 10 heteroatoms. The van der Waals surface area contributed by atoms with Crippen LogP contribution in [0.4, 0.5) is 4.79 Å². The van der Waals surface area contributed by atoms with Crippen LogP contribution >= 0.6 is 11.3 Å². The maximum absolute atomic E-state index is 12.2. The minimum Gasteiger partial charge on any atom is -0.476 e. The lowest BCUT2D eigenvalue weighted by atomic mass is 9.98. The summed E-state index contributed by atoms with van der Waals surface area (Å²) in [4.78, 5) is 39.0. The molecule has 0 bridgehead atoms. The molecule has 0 aliphatic heterocycles. The van der Waals surface area contributed by atoms with Crippen molar-refractivity contribution in [3.8, 4) is 11.1 Å². The standard InChI is InChI=1S/C25H25N3O6S/c29-15(11-22(30)26-10-9-23-28-21(14-35-23)24(31)32)12-27-25(33)34-13-20-18-7-3-1-5-16(18)17-6-2-4-8-19(17)20/h1-8,14-15,20,29H,9-13H2,(H,26,30)(H,27,33)(H,31,32). The van der Waals surface area contributed by atoms with Gasteiger partial charge < -0.3 is 25.6 Å². The zero-order valence-corrected chi connectivity index (χ0v) is 19.6. The second-order valence-electron chi connectivity index (χ2n) is 8.10. The van der Waals surface area contributed by atoms with E-state index in [0.717, 1.165) is 22.3 Å². The molecule has 0 spiro atoms. The van der Waals surface area contributed by atoms with Crippen LogP contribution in [0.3, 0.4) is 0 Å². The molecule has 1 heterocycles. The van der Waals surface area contributed by atoms with E-state index in [0.29, 0.717) is 11.4 Å². The van der Waals surface area contributed by atoms with Crippen LogP contribution in [0.2, 0.25) is 0 Å². The number of aromatic carboxylic acids is 1. The normalized spacial score (nSPS) is 12.9. The van der Waals surface area contributed by atoms with Crippen molar-refractivity contribution in [1.82, 2.24) is 15.6 Å². The number of carbonyl (C=O) groups is 3. The van der Waals surface area contributed by atoms with Gasteiger partial charge in [-0.25, -0.2) is 14.6 Å². The Bertz CT molecular complexity index is 1180. The molecule has 1 atom stereocenters. The highest BCUT2D eigenvalue weighted by Crippen LogP contribution is 2.44. The van der Waals surface area contributed by atoms with Crippen LogP contribution in [0.1, 0.15) is 39.0 Å². The van der Waals surface area contributed by atoms with Crippen molar-refractivity contribution in [2.75, 3.05) is 19.7 Å². The number of nitrogens with one attached hydrogen (secondary N) is 2. The van der Waals surface area contributed by atoms with E-state index in [9.17, 15) is 19.5 Å². The minimum absolute atomic E-state index is 0.0222. The highest BCUT2D eigenvalue weighted by molar-refractivity contribution is 7.09. The lowest BCUT2D eigenvalue weighted by molar-refractivity contribution is -0.122. The number of hydrogen-bond donors (Lipinski definition) is 4. The number of benzene rings is 2. The number of amides is 2. The van der Waals surface area contributed by atoms with Crippen molar-refractivity contribution in [2.24, 2.45) is 0 Å². The largest absolute Gasteiger partial charge is 0.476 e. The van der Waals surface area contributed by atoms with Gasteiger partial charge in [-0.15, -0.1) is 11.3 Å². The molecule has 2 aromatic carbocycles. The van der Waals surface area contributed by atoms with Gasteiger partial charge in [-0.1, -0.05) is 48.5 Å². The zero-order valence-electron chi connectivity index (χ0n) is 18.8. The monoisotopic (exact) mass is 495 g/mol. The van der Waals surface area contributed by atoms with Crippen molar-refractivity contribution in [3.63, 3.8) is 0 Å². The summed E-state index contributed by atoms with van der Waals surface area (Å²) in [6, 6.07) is 16.1. The summed E-state index contributed by atoms with van der Waals surface area (Å²) < 4.78 is 5.42. The van der Waals surface area contributed by atoms with Crippen molar-refractivity contribution >= 4 is 29.3 Å². The number of nitrogens with zero attached hydrogens (tertiary/aromatic N) is 1. The molecule has 4 rings (SSSR count). The van der Waals surface area contributed by atoms with E-state index in [1.54, 1.807) is 0 Å². The predicted octanol–water partition coefficient (Wildman–Crippen LogP) is 2.79. The van der Waals surface area contributed by atoms with Gasteiger partial charge in [-0.3, -0.25) is 4.79 Å². The first kappa shape index (κ1) is 24.4. The molecule has 0 saturated carbocycles. The number of aliphatic hydroxyl groups is 1. The number of rotatable bonds is 10. The van der Waals surface area contributed by atoms with Crippen LogP contribution < -0.4 is 10.6 Å². The second kappa shape index (κ2) is 11.1. The van der Waals surface area contributed by atoms with E-state index in [1.807, 2.05) is 36.4 Å². The SMILES string of the molecule is O=C(CC(O)CNC(=O)OCC1c2ccccc2-c2ccccc21)NCCc1nc(C(=O)O)cs1. The quantitative estimate of drug-likeness (QED) is 0.339. The first-order chi connectivity index (χ1) is 16.9. The average molecular weight is 496 g/mol. The number of aromatic nitrogens is 1. The Hall–Kier alpha value is -3.76. The molecule has 182 valence electrons. The van der Waals surface area contributed by atoms with E-state index in [-0.39, 0.29) is 43.6 Å². The first-order valence-electron chi connectivity index (χ1n) is 11.1. The Morgan fingerprint density at radius 2 is 1.69 bits per heavy atom. The van der Waals surface area contributed by atoms with Gasteiger partial charge in [0, 0.05) is 30.8 Å². The smallest absolute Gasteiger partial charge is 0.407 e. The lowest BCUT2D eigenvalue weighted by Gasteiger charge is -2.16. The van der Waals surface area contributed by atoms with Crippen LogP contribution in [0.5, 0.6) is 0 Å². The van der Waals surface area contributed by atoms with E-state index in [4.69, 9.17) is 9.84 Å². The van der Waals surface area contributed by atoms with Crippen LogP contribution in [-0.2, 0) is 16.0 Å². The topological polar surface area (TPSA) is 138 Å². The molecule has 9 nitrogen and oxygen atoms in total. The molecule has 2 amide bonds.